The summed E-state index contributed by atoms with van der Waals surface area (Å²) in [5.41, 5.74) is 0. The van der Waals surface area contributed by atoms with Gasteiger partial charge in [-0.05, 0) is 47.0 Å². The number of primary sulfonamides is 1. The van der Waals surface area contributed by atoms with E-state index in [-0.39, 0.29) is 11.0 Å². The van der Waals surface area contributed by atoms with Crippen molar-refractivity contribution in [2.75, 3.05) is 0 Å². The third-order valence-electron chi connectivity index (χ3n) is 2.44. The Labute approximate surface area is 110 Å². The fraction of sp³-hybridized carbons (Fsp3) is 0.455. The van der Waals surface area contributed by atoms with E-state index in [9.17, 15) is 8.42 Å². The predicted molar refractivity (Wildman–Crippen MR) is 70.5 cm³/mol. The molecular weight excluding hydrogens is 306 g/mol. The van der Waals surface area contributed by atoms with Gasteiger partial charge in [-0.2, -0.15) is 0 Å². The van der Waals surface area contributed by atoms with E-state index < -0.39 is 10.0 Å². The number of hydrogen-bond acceptors (Lipinski definition) is 3. The van der Waals surface area contributed by atoms with Crippen LogP contribution in [0.1, 0.15) is 26.7 Å². The molecule has 0 unspecified atom stereocenters. The number of nitrogens with two attached hydrogens (primary N) is 1. The second kappa shape index (κ2) is 5.84. The lowest BCUT2D eigenvalue weighted by atomic mass is 10.2. The highest BCUT2D eigenvalue weighted by Gasteiger charge is 2.13. The second-order valence-electron chi connectivity index (χ2n) is 3.69. The molecule has 1 aromatic rings. The van der Waals surface area contributed by atoms with E-state index in [0.29, 0.717) is 10.2 Å². The number of rotatable bonds is 5. The Hall–Kier alpha value is -0.590. The highest BCUT2D eigenvalue weighted by molar-refractivity contribution is 9.10. The molecule has 2 N–H and O–H groups in total. The molecule has 0 aliphatic heterocycles. The van der Waals surface area contributed by atoms with E-state index in [0.717, 1.165) is 12.8 Å². The largest absolute Gasteiger partial charge is 0.489 e. The third kappa shape index (κ3) is 3.97. The molecule has 0 bridgehead atoms. The van der Waals surface area contributed by atoms with E-state index in [1.807, 2.05) is 13.8 Å². The van der Waals surface area contributed by atoms with Crippen LogP contribution in [0, 0.1) is 0 Å². The lowest BCUT2D eigenvalue weighted by Crippen LogP contribution is -2.15. The van der Waals surface area contributed by atoms with E-state index >= 15 is 0 Å². The Balaban J connectivity index is 2.98. The summed E-state index contributed by atoms with van der Waals surface area (Å²) in [6.45, 7) is 4.08. The van der Waals surface area contributed by atoms with Gasteiger partial charge in [0.2, 0.25) is 10.0 Å². The molecule has 0 aromatic heterocycles. The molecule has 0 saturated carbocycles. The average molecular weight is 322 g/mol. The molecule has 0 aliphatic rings. The maximum absolute atomic E-state index is 11.1. The topological polar surface area (TPSA) is 69.4 Å². The molecule has 0 fully saturated rings. The van der Waals surface area contributed by atoms with Gasteiger partial charge in [-0.3, -0.25) is 0 Å². The van der Waals surface area contributed by atoms with Crippen molar-refractivity contribution >= 4 is 26.0 Å². The fourth-order valence-corrected chi connectivity index (χ4v) is 2.55. The van der Waals surface area contributed by atoms with Gasteiger partial charge in [-0.1, -0.05) is 13.8 Å². The minimum atomic E-state index is -3.67. The zero-order valence-corrected chi connectivity index (χ0v) is 12.2. The summed E-state index contributed by atoms with van der Waals surface area (Å²) in [6.07, 6.45) is 1.94. The van der Waals surface area contributed by atoms with Gasteiger partial charge in [-0.25, -0.2) is 13.6 Å². The predicted octanol–water partition coefficient (Wildman–Crippen LogP) is 2.66. The minimum Gasteiger partial charge on any atom is -0.489 e. The Morgan fingerprint density at radius 3 is 2.35 bits per heavy atom. The van der Waals surface area contributed by atoms with E-state index in [2.05, 4.69) is 15.9 Å². The van der Waals surface area contributed by atoms with Crippen LogP contribution in [0.5, 0.6) is 5.75 Å². The lowest BCUT2D eigenvalue weighted by molar-refractivity contribution is 0.191. The molecule has 0 amide bonds. The Kier molecular flexibility index (Phi) is 4.97. The van der Waals surface area contributed by atoms with Gasteiger partial charge in [0.1, 0.15) is 5.75 Å². The van der Waals surface area contributed by atoms with Crippen molar-refractivity contribution in [2.45, 2.75) is 37.7 Å². The zero-order chi connectivity index (χ0) is 13.1. The van der Waals surface area contributed by atoms with E-state index in [4.69, 9.17) is 9.88 Å². The highest BCUT2D eigenvalue weighted by Crippen LogP contribution is 2.29. The summed E-state index contributed by atoms with van der Waals surface area (Å²) >= 11 is 3.28. The Bertz CT molecular complexity index is 483. The molecule has 0 heterocycles. The van der Waals surface area contributed by atoms with Crippen LogP contribution < -0.4 is 9.88 Å². The number of ether oxygens (including phenoxy) is 1. The molecule has 1 rings (SSSR count). The Morgan fingerprint density at radius 2 is 1.94 bits per heavy atom. The first-order valence-corrected chi connectivity index (χ1v) is 7.71. The maximum Gasteiger partial charge on any atom is 0.238 e. The molecular formula is C11H16BrNO3S. The summed E-state index contributed by atoms with van der Waals surface area (Å²) in [6, 6.07) is 4.51. The standard InChI is InChI=1S/C11H16BrNO3S/c1-3-8(4-2)16-11-6-5-9(7-10(11)12)17(13,14)15/h5-8H,3-4H2,1-2H3,(H2,13,14,15). The molecule has 1 aromatic carbocycles. The summed E-state index contributed by atoms with van der Waals surface area (Å²) < 4.78 is 28.6. The van der Waals surface area contributed by atoms with Gasteiger partial charge >= 0.3 is 0 Å². The van der Waals surface area contributed by atoms with Crippen molar-refractivity contribution in [3.05, 3.63) is 22.7 Å². The van der Waals surface area contributed by atoms with Crippen molar-refractivity contribution < 1.29 is 13.2 Å². The summed E-state index contributed by atoms with van der Waals surface area (Å²) in [5, 5.41) is 5.04. The number of sulfonamides is 1. The van der Waals surface area contributed by atoms with Crippen molar-refractivity contribution in [1.82, 2.24) is 0 Å². The molecule has 0 radical (unpaired) electrons. The van der Waals surface area contributed by atoms with Crippen molar-refractivity contribution in [1.29, 1.82) is 0 Å². The summed E-state index contributed by atoms with van der Waals surface area (Å²) in [5.74, 6) is 0.631. The van der Waals surface area contributed by atoms with Gasteiger partial charge < -0.3 is 4.74 Å². The van der Waals surface area contributed by atoms with Crippen molar-refractivity contribution in [3.63, 3.8) is 0 Å². The molecule has 0 aliphatic carbocycles. The van der Waals surface area contributed by atoms with Crippen molar-refractivity contribution in [2.24, 2.45) is 5.14 Å². The molecule has 17 heavy (non-hydrogen) atoms. The van der Waals surface area contributed by atoms with Gasteiger partial charge in [-0.15, -0.1) is 0 Å². The van der Waals surface area contributed by atoms with E-state index in [1.165, 1.54) is 12.1 Å². The van der Waals surface area contributed by atoms with Gasteiger partial charge in [0.05, 0.1) is 15.5 Å². The molecule has 6 heteroatoms. The smallest absolute Gasteiger partial charge is 0.238 e. The maximum atomic E-state index is 11.1. The van der Waals surface area contributed by atoms with Crippen LogP contribution in [0.4, 0.5) is 0 Å². The lowest BCUT2D eigenvalue weighted by Gasteiger charge is -2.17. The van der Waals surface area contributed by atoms with Gasteiger partial charge in [0.15, 0.2) is 0 Å². The van der Waals surface area contributed by atoms with E-state index in [1.54, 1.807) is 6.07 Å². The van der Waals surface area contributed by atoms with Crippen LogP contribution >= 0.6 is 15.9 Å². The third-order valence-corrected chi connectivity index (χ3v) is 3.97. The number of hydrogen-bond donors (Lipinski definition) is 1. The summed E-state index contributed by atoms with van der Waals surface area (Å²) in [4.78, 5) is 0.0706. The second-order valence-corrected chi connectivity index (χ2v) is 6.11. The molecule has 4 nitrogen and oxygen atoms in total. The van der Waals surface area contributed by atoms with Crippen LogP contribution in [0.25, 0.3) is 0 Å². The van der Waals surface area contributed by atoms with Crippen LogP contribution in [-0.4, -0.2) is 14.5 Å². The molecule has 96 valence electrons. The first kappa shape index (κ1) is 14.5. The monoisotopic (exact) mass is 321 g/mol. The number of benzene rings is 1. The van der Waals surface area contributed by atoms with Crippen LogP contribution in [-0.2, 0) is 10.0 Å². The van der Waals surface area contributed by atoms with Crippen molar-refractivity contribution in [3.8, 4) is 5.75 Å². The molecule has 0 spiro atoms. The minimum absolute atomic E-state index is 0.0706. The first-order chi connectivity index (χ1) is 7.88. The van der Waals surface area contributed by atoms with Crippen LogP contribution in [0.3, 0.4) is 0 Å². The quantitative estimate of drug-likeness (QED) is 0.906. The fourth-order valence-electron chi connectivity index (χ4n) is 1.39. The molecule has 0 saturated heterocycles. The highest BCUT2D eigenvalue weighted by atomic mass is 79.9. The number of halogens is 1. The average Bonchev–Trinajstić information content (AvgIpc) is 2.26. The Morgan fingerprint density at radius 1 is 1.35 bits per heavy atom. The van der Waals surface area contributed by atoms with Gasteiger partial charge in [0, 0.05) is 0 Å². The summed E-state index contributed by atoms with van der Waals surface area (Å²) in [7, 11) is -3.67. The van der Waals surface area contributed by atoms with Crippen LogP contribution in [0.2, 0.25) is 0 Å². The normalized spacial score (nSPS) is 11.8. The first-order valence-electron chi connectivity index (χ1n) is 5.37. The molecule has 0 atom stereocenters. The van der Waals surface area contributed by atoms with Gasteiger partial charge in [0.25, 0.3) is 0 Å². The van der Waals surface area contributed by atoms with Crippen LogP contribution in [0.15, 0.2) is 27.6 Å². The SMILES string of the molecule is CCC(CC)Oc1ccc(S(N)(=O)=O)cc1Br. The zero-order valence-electron chi connectivity index (χ0n) is 9.81.